The van der Waals surface area contributed by atoms with E-state index in [0.717, 1.165) is 117 Å². The van der Waals surface area contributed by atoms with Gasteiger partial charge in [-0.2, -0.15) is 8.42 Å². The van der Waals surface area contributed by atoms with Crippen molar-refractivity contribution in [3.8, 4) is 23.0 Å². The number of rotatable bonds is 20. The standard InChI is InChI=1S/C26H37N5O5S.C26H36N4O3/c1-4-29-13-15-30(16-14-29)23-8-5-7-20-21(23)18-31(26(20)32)22(9-6-12-28-37(27,33)34)19-10-11-24(35-2)25(17-19)36-3;1-4-28-13-15-29(16-14-28)23-8-5-7-20-21(23)18-30(26(20)31)22(9-6-12-27)19-10-11-24(32-2)25(17-19)33-3/h5,7-8,10-11,17,22,28H,4,6,9,12-16,18H2,1-3H3,(H2,27,33,34);5,7-8,10-11,17,22H,4,6,9,12-16,18,27H2,1-3H3/t2*22-/m11/s1. The minimum absolute atomic E-state index is 0.0248. The van der Waals surface area contributed by atoms with Crippen molar-refractivity contribution in [1.82, 2.24) is 24.3 Å². The third-order valence-corrected chi connectivity index (χ3v) is 14.8. The predicted molar refractivity (Wildman–Crippen MR) is 274 cm³/mol. The summed E-state index contributed by atoms with van der Waals surface area (Å²) in [7, 11) is 2.65. The fourth-order valence-electron chi connectivity index (χ4n) is 10.3. The molecule has 0 saturated carbocycles. The molecule has 4 heterocycles. The number of amides is 2. The Hall–Kier alpha value is -5.63. The van der Waals surface area contributed by atoms with Gasteiger partial charge in [0.25, 0.3) is 22.0 Å². The number of fused-ring (bicyclic) bond motifs is 2. The zero-order chi connectivity index (χ0) is 50.0. The van der Waals surface area contributed by atoms with Crippen LogP contribution in [0.3, 0.4) is 0 Å². The highest BCUT2D eigenvalue weighted by molar-refractivity contribution is 7.87. The summed E-state index contributed by atoms with van der Waals surface area (Å²) in [5.41, 5.74) is 13.9. The average molecular weight is 984 g/mol. The molecular weight excluding hydrogens is 911 g/mol. The number of hydrogen-bond acceptors (Lipinski definition) is 13. The number of anilines is 2. The number of nitrogens with zero attached hydrogens (tertiary/aromatic N) is 6. The molecular formula is C52H73N9O8S. The molecule has 4 aliphatic heterocycles. The molecule has 4 aromatic rings. The maximum Gasteiger partial charge on any atom is 0.274 e. The molecule has 0 bridgehead atoms. The molecule has 380 valence electrons. The van der Waals surface area contributed by atoms with Gasteiger partial charge in [0.15, 0.2) is 23.0 Å². The van der Waals surface area contributed by atoms with E-state index >= 15 is 0 Å². The van der Waals surface area contributed by atoms with Crippen molar-refractivity contribution in [1.29, 1.82) is 0 Å². The van der Waals surface area contributed by atoms with Gasteiger partial charge in [0.05, 0.1) is 40.5 Å². The molecule has 17 nitrogen and oxygen atoms in total. The molecule has 0 radical (unpaired) electrons. The molecule has 2 atom stereocenters. The Morgan fingerprint density at radius 2 is 1.00 bits per heavy atom. The largest absolute Gasteiger partial charge is 0.493 e. The number of likely N-dealkylation sites (N-methyl/N-ethyl adjacent to an activating group) is 2. The van der Waals surface area contributed by atoms with E-state index in [-0.39, 0.29) is 30.4 Å². The van der Waals surface area contributed by atoms with Gasteiger partial charge < -0.3 is 54.1 Å². The van der Waals surface area contributed by atoms with Gasteiger partial charge in [-0.25, -0.2) is 9.86 Å². The number of nitrogens with one attached hydrogen (secondary N) is 1. The number of ether oxygens (including phenoxy) is 4. The van der Waals surface area contributed by atoms with Crippen molar-refractivity contribution in [3.63, 3.8) is 0 Å². The van der Waals surface area contributed by atoms with Crippen molar-refractivity contribution in [2.75, 3.05) is 117 Å². The van der Waals surface area contributed by atoms with E-state index in [4.69, 9.17) is 29.8 Å². The zero-order valence-corrected chi connectivity index (χ0v) is 42.6. The fraction of sp³-hybridized carbons (Fsp3) is 0.500. The van der Waals surface area contributed by atoms with E-state index in [1.807, 2.05) is 70.5 Å². The molecule has 2 amide bonds. The molecule has 4 aromatic carbocycles. The van der Waals surface area contributed by atoms with Crippen molar-refractivity contribution in [2.24, 2.45) is 10.9 Å². The lowest BCUT2D eigenvalue weighted by molar-refractivity contribution is 0.0682. The maximum absolute atomic E-state index is 13.7. The van der Waals surface area contributed by atoms with E-state index in [1.165, 1.54) is 5.69 Å². The van der Waals surface area contributed by atoms with Crippen LogP contribution in [-0.2, 0) is 23.3 Å². The number of hydrogen-bond donors (Lipinski definition) is 3. The molecule has 5 N–H and O–H groups in total. The second-order valence-electron chi connectivity index (χ2n) is 18.1. The number of methoxy groups -OCH3 is 4. The highest BCUT2D eigenvalue weighted by atomic mass is 32.2. The summed E-state index contributed by atoms with van der Waals surface area (Å²) in [6.07, 6.45) is 2.69. The van der Waals surface area contributed by atoms with Crippen LogP contribution in [0.2, 0.25) is 0 Å². The first-order valence-electron chi connectivity index (χ1n) is 24.6. The molecule has 70 heavy (non-hydrogen) atoms. The summed E-state index contributed by atoms with van der Waals surface area (Å²) in [5, 5.41) is 5.10. The minimum atomic E-state index is -3.78. The summed E-state index contributed by atoms with van der Waals surface area (Å²) in [4.78, 5) is 40.9. The Bertz CT molecular complexity index is 2530. The van der Waals surface area contributed by atoms with Crippen molar-refractivity contribution in [3.05, 3.63) is 106 Å². The molecule has 18 heteroatoms. The van der Waals surface area contributed by atoms with Gasteiger partial charge in [-0.1, -0.05) is 38.1 Å². The van der Waals surface area contributed by atoms with E-state index < -0.39 is 10.2 Å². The molecule has 0 aliphatic carbocycles. The lowest BCUT2D eigenvalue weighted by atomic mass is 9.99. The van der Waals surface area contributed by atoms with E-state index in [0.29, 0.717) is 55.5 Å². The quantitative estimate of drug-likeness (QED) is 0.0957. The van der Waals surface area contributed by atoms with Gasteiger partial charge in [0.1, 0.15) is 0 Å². The van der Waals surface area contributed by atoms with Crippen LogP contribution in [0.15, 0.2) is 72.8 Å². The van der Waals surface area contributed by atoms with Gasteiger partial charge in [-0.15, -0.1) is 0 Å². The summed E-state index contributed by atoms with van der Waals surface area (Å²) in [6, 6.07) is 23.4. The molecule has 8 rings (SSSR count). The molecule has 0 spiro atoms. The minimum Gasteiger partial charge on any atom is -0.493 e. The Kier molecular flexibility index (Phi) is 17.9. The van der Waals surface area contributed by atoms with Gasteiger partial charge in [-0.3, -0.25) is 9.59 Å². The number of carbonyl (C=O) groups is 2. The Labute approximate surface area is 414 Å². The molecule has 0 aromatic heterocycles. The van der Waals surface area contributed by atoms with Crippen LogP contribution in [0.1, 0.15) is 94.6 Å². The fourth-order valence-corrected chi connectivity index (χ4v) is 10.8. The zero-order valence-electron chi connectivity index (χ0n) is 41.8. The first kappa shape index (κ1) is 52.2. The smallest absolute Gasteiger partial charge is 0.274 e. The number of piperazine rings is 2. The molecule has 2 saturated heterocycles. The van der Waals surface area contributed by atoms with E-state index in [9.17, 15) is 18.0 Å². The van der Waals surface area contributed by atoms with Gasteiger partial charge in [0.2, 0.25) is 0 Å². The SMILES string of the molecule is CCN1CCN(c2cccc3c2CN([C@H](CCCN)c2ccc(OC)c(OC)c2)C3=O)CC1.CCN1CCN(c2cccc3c2CN([C@H](CCCNS(N)(=O)=O)c2ccc(OC)c(OC)c2)C3=O)CC1. The van der Waals surface area contributed by atoms with Crippen LogP contribution < -0.4 is 44.3 Å². The Morgan fingerprint density at radius 1 is 0.586 bits per heavy atom. The predicted octanol–water partition coefficient (Wildman–Crippen LogP) is 5.40. The average Bonchev–Trinajstić information content (AvgIpc) is 3.91. The van der Waals surface area contributed by atoms with E-state index in [1.54, 1.807) is 28.4 Å². The third-order valence-electron chi connectivity index (χ3n) is 14.2. The van der Waals surface area contributed by atoms with Gasteiger partial charge in [0, 0.05) is 106 Å². The van der Waals surface area contributed by atoms with Crippen LogP contribution in [-0.4, -0.2) is 147 Å². The number of carbonyl (C=O) groups excluding carboxylic acids is 2. The van der Waals surface area contributed by atoms with Crippen LogP contribution in [0.5, 0.6) is 23.0 Å². The first-order chi connectivity index (χ1) is 33.9. The number of nitrogens with two attached hydrogens (primary N) is 2. The second kappa shape index (κ2) is 24.0. The monoisotopic (exact) mass is 984 g/mol. The third kappa shape index (κ3) is 11.9. The van der Waals surface area contributed by atoms with Crippen LogP contribution in [0.4, 0.5) is 11.4 Å². The van der Waals surface area contributed by atoms with Crippen molar-refractivity contribution in [2.45, 2.75) is 64.7 Å². The summed E-state index contributed by atoms with van der Waals surface area (Å²) < 4.78 is 46.9. The number of benzene rings is 4. The van der Waals surface area contributed by atoms with Gasteiger partial charge in [-0.05, 0) is 105 Å². The van der Waals surface area contributed by atoms with Crippen LogP contribution in [0.25, 0.3) is 0 Å². The highest BCUT2D eigenvalue weighted by Gasteiger charge is 2.38. The Morgan fingerprint density at radius 3 is 1.37 bits per heavy atom. The van der Waals surface area contributed by atoms with Crippen molar-refractivity contribution < 1.29 is 37.0 Å². The summed E-state index contributed by atoms with van der Waals surface area (Å²) in [6.45, 7) is 16.3. The topological polar surface area (TPSA) is 189 Å². The summed E-state index contributed by atoms with van der Waals surface area (Å²) in [5.74, 6) is 2.60. The lowest BCUT2D eigenvalue weighted by Gasteiger charge is -2.36. The van der Waals surface area contributed by atoms with Crippen LogP contribution in [0, 0.1) is 0 Å². The van der Waals surface area contributed by atoms with Crippen molar-refractivity contribution >= 4 is 33.4 Å². The Balaban J connectivity index is 0.000000208. The lowest BCUT2D eigenvalue weighted by Crippen LogP contribution is -2.46. The van der Waals surface area contributed by atoms with E-state index in [2.05, 4.69) is 50.3 Å². The normalized spacial score (nSPS) is 17.2. The molecule has 4 aliphatic rings. The first-order valence-corrected chi connectivity index (χ1v) is 26.1. The maximum atomic E-state index is 13.7. The van der Waals surface area contributed by atoms with Crippen LogP contribution >= 0.6 is 0 Å². The second-order valence-corrected chi connectivity index (χ2v) is 19.5. The molecule has 0 unspecified atom stereocenters. The summed E-state index contributed by atoms with van der Waals surface area (Å²) >= 11 is 0. The molecule has 2 fully saturated rings. The highest BCUT2D eigenvalue weighted by Crippen LogP contribution is 2.42. The van der Waals surface area contributed by atoms with Gasteiger partial charge >= 0.3 is 0 Å².